The number of alkyl halides is 16. The Morgan fingerprint density at radius 2 is 0.760 bits per heavy atom. The Hall–Kier alpha value is -0.400. The molecule has 0 heterocycles. The lowest BCUT2D eigenvalue weighted by molar-refractivity contribution is -0.534. The summed E-state index contributed by atoms with van der Waals surface area (Å²) < 4.78 is 183. The van der Waals surface area contributed by atoms with E-state index in [1.807, 2.05) is 4.74 Å². The van der Waals surface area contributed by atoms with Gasteiger partial charge in [-0.05, 0) is 0 Å². The Morgan fingerprint density at radius 1 is 0.440 bits per heavy atom. The van der Waals surface area contributed by atoms with Crippen molar-refractivity contribution in [2.45, 2.75) is 40.5 Å². The number of hydrogen-bond acceptors (Lipinski definition) is 2. The molecular formula is C7F15IO2. The van der Waals surface area contributed by atoms with Crippen molar-refractivity contribution in [3.63, 3.8) is 0 Å². The molecule has 0 atom stereocenters. The average Bonchev–Trinajstić information content (AvgIpc) is 2.21. The van der Waals surface area contributed by atoms with Crippen LogP contribution in [0.2, 0.25) is 0 Å². The van der Waals surface area contributed by atoms with Gasteiger partial charge in [0.25, 0.3) is 0 Å². The molecule has 0 spiro atoms. The highest BCUT2D eigenvalue weighted by Crippen LogP contribution is 2.56. The van der Waals surface area contributed by atoms with E-state index in [0.29, 0.717) is 0 Å². The molecule has 0 amide bonds. The highest BCUT2D eigenvalue weighted by atomic mass is 127. The molecule has 0 aliphatic carbocycles. The lowest BCUT2D eigenvalue weighted by Gasteiger charge is -2.36. The normalized spacial score (nSPS) is 16.3. The summed E-state index contributed by atoms with van der Waals surface area (Å²) in [4.78, 5) is 0. The molecule has 0 unspecified atom stereocenters. The van der Waals surface area contributed by atoms with Crippen molar-refractivity contribution in [3.8, 4) is 0 Å². The third kappa shape index (κ3) is 4.86. The lowest BCUT2D eigenvalue weighted by atomic mass is 10.1. The average molecular weight is 528 g/mol. The highest BCUT2D eigenvalue weighted by molar-refractivity contribution is 14.1. The van der Waals surface area contributed by atoms with E-state index >= 15 is 0 Å². The van der Waals surface area contributed by atoms with E-state index in [1.54, 1.807) is 0 Å². The largest absolute Gasteiger partial charge is 0.460 e. The van der Waals surface area contributed by atoms with E-state index in [-0.39, 0.29) is 0 Å². The lowest BCUT2D eigenvalue weighted by Crippen LogP contribution is -2.64. The summed E-state index contributed by atoms with van der Waals surface area (Å²) >= 11 is -0.410. The SMILES string of the molecule is FC(F)(I)OC(F)(F)C(F)(F)OC(F)(F)C(F)(F)C(F)(F)C(F)(F)F. The fourth-order valence-electron chi connectivity index (χ4n) is 0.850. The van der Waals surface area contributed by atoms with Crippen molar-refractivity contribution in [3.05, 3.63) is 0 Å². The molecule has 0 aromatic heterocycles. The zero-order chi connectivity index (χ0) is 20.9. The molecule has 25 heavy (non-hydrogen) atoms. The van der Waals surface area contributed by atoms with Crippen molar-refractivity contribution >= 4 is 22.6 Å². The number of hydrogen-bond donors (Lipinski definition) is 0. The molecule has 0 saturated heterocycles. The van der Waals surface area contributed by atoms with Crippen LogP contribution in [0.5, 0.6) is 0 Å². The summed E-state index contributed by atoms with van der Waals surface area (Å²) in [6.07, 6.45) is -29.1. The van der Waals surface area contributed by atoms with Gasteiger partial charge < -0.3 is 0 Å². The summed E-state index contributed by atoms with van der Waals surface area (Å²) in [6, 6.07) is 0. The van der Waals surface area contributed by atoms with Crippen LogP contribution >= 0.6 is 22.6 Å². The van der Waals surface area contributed by atoms with Crippen molar-refractivity contribution in [2.24, 2.45) is 0 Å². The maximum Gasteiger partial charge on any atom is 0.460 e. The summed E-state index contributed by atoms with van der Waals surface area (Å²) in [5, 5.41) is 0. The van der Waals surface area contributed by atoms with Gasteiger partial charge in [-0.15, -0.1) is 0 Å². The Morgan fingerprint density at radius 3 is 1.04 bits per heavy atom. The fourth-order valence-corrected chi connectivity index (χ4v) is 1.13. The monoisotopic (exact) mass is 528 g/mol. The summed E-state index contributed by atoms with van der Waals surface area (Å²) in [5.74, 6) is -15.6. The third-order valence-electron chi connectivity index (χ3n) is 1.95. The number of rotatable bonds is 7. The minimum Gasteiger partial charge on any atom is -0.243 e. The first kappa shape index (κ1) is 24.6. The predicted octanol–water partition coefficient (Wildman–Crippen LogP) is 5.62. The van der Waals surface area contributed by atoms with E-state index < -0.39 is 63.1 Å². The fraction of sp³-hybridized carbons (Fsp3) is 1.00. The standard InChI is InChI=1S/C7F15IO2/c8-1(9,3(12,13)14)2(10,11)4(15,16)24-5(17,18)6(19,20)25-7(21,22)23. The Balaban J connectivity index is 5.83. The van der Waals surface area contributed by atoms with Gasteiger partial charge >= 0.3 is 40.5 Å². The van der Waals surface area contributed by atoms with Gasteiger partial charge in [-0.25, -0.2) is 9.47 Å². The molecular weight excluding hydrogens is 528 g/mol. The van der Waals surface area contributed by atoms with Crippen molar-refractivity contribution < 1.29 is 75.3 Å². The molecule has 0 N–H and O–H groups in total. The zero-order valence-electron chi connectivity index (χ0n) is 10.4. The van der Waals surface area contributed by atoms with E-state index in [4.69, 9.17) is 0 Å². The van der Waals surface area contributed by atoms with Crippen LogP contribution in [0, 0.1) is 0 Å². The molecule has 0 aliphatic rings. The van der Waals surface area contributed by atoms with Gasteiger partial charge in [0.05, 0.1) is 0 Å². The Labute approximate surface area is 139 Å². The summed E-state index contributed by atoms with van der Waals surface area (Å²) in [5.41, 5.74) is 0. The third-order valence-corrected chi connectivity index (χ3v) is 2.18. The van der Waals surface area contributed by atoms with Gasteiger partial charge in [0.1, 0.15) is 0 Å². The van der Waals surface area contributed by atoms with Crippen LogP contribution in [-0.2, 0) is 9.47 Å². The summed E-state index contributed by atoms with van der Waals surface area (Å²) in [6.45, 7) is 0. The highest BCUT2D eigenvalue weighted by Gasteiger charge is 2.85. The number of ether oxygens (including phenoxy) is 2. The van der Waals surface area contributed by atoms with Gasteiger partial charge in [0, 0.05) is 22.6 Å². The summed E-state index contributed by atoms with van der Waals surface area (Å²) in [7, 11) is 0. The minimum absolute atomic E-state index is 0.410. The van der Waals surface area contributed by atoms with Crippen molar-refractivity contribution in [1.29, 1.82) is 0 Å². The second-order valence-electron chi connectivity index (χ2n) is 3.85. The van der Waals surface area contributed by atoms with Crippen LogP contribution in [0.4, 0.5) is 65.9 Å². The molecule has 18 heteroatoms. The molecule has 0 fully saturated rings. The predicted molar refractivity (Wildman–Crippen MR) is 51.9 cm³/mol. The van der Waals surface area contributed by atoms with Crippen LogP contribution in [-0.4, -0.2) is 40.5 Å². The van der Waals surface area contributed by atoms with Crippen LogP contribution < -0.4 is 0 Å². The second kappa shape index (κ2) is 6.34. The van der Waals surface area contributed by atoms with Crippen molar-refractivity contribution in [2.75, 3.05) is 0 Å². The smallest absolute Gasteiger partial charge is 0.243 e. The molecule has 0 aromatic carbocycles. The zero-order valence-corrected chi connectivity index (χ0v) is 12.5. The topological polar surface area (TPSA) is 18.5 Å². The van der Waals surface area contributed by atoms with Crippen LogP contribution in [0.25, 0.3) is 0 Å². The molecule has 0 aliphatic heterocycles. The quantitative estimate of drug-likeness (QED) is 0.243. The van der Waals surface area contributed by atoms with Gasteiger partial charge in [0.2, 0.25) is 0 Å². The minimum atomic E-state index is -7.84. The maximum absolute atomic E-state index is 12.7. The van der Waals surface area contributed by atoms with E-state index in [2.05, 4.69) is 0 Å². The second-order valence-corrected chi connectivity index (χ2v) is 5.10. The van der Waals surface area contributed by atoms with Gasteiger partial charge in [-0.3, -0.25) is 0 Å². The molecule has 0 saturated carbocycles. The van der Waals surface area contributed by atoms with E-state index in [1.165, 1.54) is 4.74 Å². The molecule has 152 valence electrons. The van der Waals surface area contributed by atoms with Crippen LogP contribution in [0.15, 0.2) is 0 Å². The molecule has 0 bridgehead atoms. The van der Waals surface area contributed by atoms with Crippen molar-refractivity contribution in [1.82, 2.24) is 0 Å². The van der Waals surface area contributed by atoms with Gasteiger partial charge in [-0.2, -0.15) is 65.9 Å². The molecule has 0 aromatic rings. The Kier molecular flexibility index (Phi) is 6.24. The number of halogens is 16. The van der Waals surface area contributed by atoms with E-state index in [9.17, 15) is 65.9 Å². The van der Waals surface area contributed by atoms with Gasteiger partial charge in [0.15, 0.2) is 0 Å². The van der Waals surface area contributed by atoms with Crippen LogP contribution in [0.1, 0.15) is 0 Å². The first-order valence-corrected chi connectivity index (χ1v) is 5.92. The van der Waals surface area contributed by atoms with Crippen LogP contribution in [0.3, 0.4) is 0 Å². The van der Waals surface area contributed by atoms with E-state index in [0.717, 1.165) is 0 Å². The first-order chi connectivity index (χ1) is 10.4. The van der Waals surface area contributed by atoms with Gasteiger partial charge in [-0.1, -0.05) is 0 Å². The molecule has 2 nitrogen and oxygen atoms in total. The first-order valence-electron chi connectivity index (χ1n) is 4.84. The Bertz CT molecular complexity index is 477. The molecule has 0 radical (unpaired) electrons. The molecule has 0 rings (SSSR count). The maximum atomic E-state index is 12.7.